The number of hydrogen-bond acceptors (Lipinski definition) is 2. The van der Waals surface area contributed by atoms with Gasteiger partial charge < -0.3 is 10.6 Å². The number of nitrogens with one attached hydrogen (secondary N) is 2. The van der Waals surface area contributed by atoms with Crippen molar-refractivity contribution in [1.29, 1.82) is 0 Å². The highest BCUT2D eigenvalue weighted by atomic mass is 16.1. The van der Waals surface area contributed by atoms with Gasteiger partial charge in [0.05, 0.1) is 0 Å². The van der Waals surface area contributed by atoms with Gasteiger partial charge in [0.2, 0.25) is 0 Å². The molecule has 0 heterocycles. The van der Waals surface area contributed by atoms with Crippen LogP contribution in [0, 0.1) is 19.4 Å². The Morgan fingerprint density at radius 1 is 1.00 bits per heavy atom. The zero-order valence-corrected chi connectivity index (χ0v) is 10.6. The minimum Gasteiger partial charge on any atom is -0.322 e. The Morgan fingerprint density at radius 3 is 2.16 bits per heavy atom. The first-order valence-corrected chi connectivity index (χ1v) is 5.89. The van der Waals surface area contributed by atoms with Crippen LogP contribution in [0.2, 0.25) is 0 Å². The standard InChI is InChI=1S/C16H14N2O/c1-3-17-14-10-6-13(7-11-14)16(19)18-15-8-4-12(2)5-9-15/h1,4-11,17H,2H3,(H,18,19). The molecule has 0 saturated carbocycles. The highest BCUT2D eigenvalue weighted by Gasteiger charge is 2.05. The summed E-state index contributed by atoms with van der Waals surface area (Å²) in [6.07, 6.45) is 5.13. The zero-order valence-electron chi connectivity index (χ0n) is 10.6. The summed E-state index contributed by atoms with van der Waals surface area (Å²) >= 11 is 0. The van der Waals surface area contributed by atoms with E-state index in [1.807, 2.05) is 31.2 Å². The second-order valence-corrected chi connectivity index (χ2v) is 4.17. The van der Waals surface area contributed by atoms with E-state index in [-0.39, 0.29) is 5.91 Å². The van der Waals surface area contributed by atoms with Crippen LogP contribution in [-0.2, 0) is 0 Å². The monoisotopic (exact) mass is 250 g/mol. The number of carbonyl (C=O) groups is 1. The normalized spacial score (nSPS) is 9.47. The van der Waals surface area contributed by atoms with Crippen LogP contribution in [0.25, 0.3) is 0 Å². The minimum atomic E-state index is -0.142. The number of amides is 1. The van der Waals surface area contributed by atoms with Crippen molar-refractivity contribution in [2.75, 3.05) is 10.6 Å². The molecule has 2 N–H and O–H groups in total. The lowest BCUT2D eigenvalue weighted by molar-refractivity contribution is 0.102. The Bertz CT molecular complexity index is 607. The highest BCUT2D eigenvalue weighted by Crippen LogP contribution is 2.13. The number of carbonyl (C=O) groups excluding carboxylic acids is 1. The Hall–Kier alpha value is -2.73. The van der Waals surface area contributed by atoms with E-state index in [4.69, 9.17) is 6.42 Å². The molecule has 2 rings (SSSR count). The van der Waals surface area contributed by atoms with Gasteiger partial charge >= 0.3 is 0 Å². The second kappa shape index (κ2) is 5.74. The lowest BCUT2D eigenvalue weighted by Gasteiger charge is -2.06. The molecule has 19 heavy (non-hydrogen) atoms. The average Bonchev–Trinajstić information content (AvgIpc) is 2.42. The molecule has 1 amide bonds. The largest absolute Gasteiger partial charge is 0.322 e. The summed E-state index contributed by atoms with van der Waals surface area (Å²) in [5, 5.41) is 5.56. The van der Waals surface area contributed by atoms with Gasteiger partial charge in [-0.25, -0.2) is 0 Å². The van der Waals surface area contributed by atoms with Crippen molar-refractivity contribution in [2.45, 2.75) is 6.92 Å². The molecule has 0 aliphatic carbocycles. The van der Waals surface area contributed by atoms with E-state index in [2.05, 4.69) is 16.7 Å². The van der Waals surface area contributed by atoms with Crippen LogP contribution in [0.3, 0.4) is 0 Å². The Balaban J connectivity index is 2.07. The van der Waals surface area contributed by atoms with Crippen LogP contribution in [0.5, 0.6) is 0 Å². The van der Waals surface area contributed by atoms with Gasteiger partial charge in [0.25, 0.3) is 5.91 Å². The quantitative estimate of drug-likeness (QED) is 0.648. The van der Waals surface area contributed by atoms with E-state index in [1.54, 1.807) is 24.3 Å². The van der Waals surface area contributed by atoms with Crippen molar-refractivity contribution < 1.29 is 4.79 Å². The van der Waals surface area contributed by atoms with Crippen molar-refractivity contribution >= 4 is 17.3 Å². The van der Waals surface area contributed by atoms with Crippen molar-refractivity contribution in [3.63, 3.8) is 0 Å². The van der Waals surface area contributed by atoms with E-state index >= 15 is 0 Å². The molecule has 3 heteroatoms. The van der Waals surface area contributed by atoms with E-state index < -0.39 is 0 Å². The van der Waals surface area contributed by atoms with Crippen molar-refractivity contribution in [1.82, 2.24) is 0 Å². The SMILES string of the molecule is C#CNc1ccc(C(=O)Nc2ccc(C)cc2)cc1. The predicted molar refractivity (Wildman–Crippen MR) is 78.0 cm³/mol. The molecule has 94 valence electrons. The van der Waals surface area contributed by atoms with Gasteiger partial charge in [0.1, 0.15) is 0 Å². The van der Waals surface area contributed by atoms with Crippen LogP contribution in [0.4, 0.5) is 11.4 Å². The fourth-order valence-electron chi connectivity index (χ4n) is 1.63. The van der Waals surface area contributed by atoms with Crippen molar-refractivity contribution in [3.8, 4) is 12.5 Å². The predicted octanol–water partition coefficient (Wildman–Crippen LogP) is 3.25. The number of terminal acetylenes is 1. The molecule has 3 nitrogen and oxygen atoms in total. The van der Waals surface area contributed by atoms with Gasteiger partial charge in [-0.3, -0.25) is 4.79 Å². The first kappa shape index (κ1) is 12.7. The maximum atomic E-state index is 12.0. The molecule has 0 aromatic heterocycles. The summed E-state index contributed by atoms with van der Waals surface area (Å²) in [6, 6.07) is 17.0. The molecule has 0 saturated heterocycles. The Morgan fingerprint density at radius 2 is 1.58 bits per heavy atom. The third-order valence-electron chi connectivity index (χ3n) is 2.67. The minimum absolute atomic E-state index is 0.142. The number of hydrogen-bond donors (Lipinski definition) is 2. The molecule has 0 aliphatic rings. The maximum Gasteiger partial charge on any atom is 0.255 e. The topological polar surface area (TPSA) is 41.1 Å². The van der Waals surface area contributed by atoms with Gasteiger partial charge in [-0.15, -0.1) is 0 Å². The molecule has 0 unspecified atom stereocenters. The van der Waals surface area contributed by atoms with E-state index in [0.29, 0.717) is 5.56 Å². The molecule has 0 aliphatic heterocycles. The van der Waals surface area contributed by atoms with Gasteiger partial charge in [0.15, 0.2) is 0 Å². The van der Waals surface area contributed by atoms with Gasteiger partial charge in [-0.1, -0.05) is 24.1 Å². The molecule has 0 spiro atoms. The molecular formula is C16H14N2O. The lowest BCUT2D eigenvalue weighted by Crippen LogP contribution is -2.11. The zero-order chi connectivity index (χ0) is 13.7. The third kappa shape index (κ3) is 3.36. The van der Waals surface area contributed by atoms with Gasteiger partial charge in [-0.05, 0) is 43.3 Å². The van der Waals surface area contributed by atoms with E-state index in [1.165, 1.54) is 0 Å². The third-order valence-corrected chi connectivity index (χ3v) is 2.67. The van der Waals surface area contributed by atoms with E-state index in [0.717, 1.165) is 16.9 Å². The molecule has 0 bridgehead atoms. The van der Waals surface area contributed by atoms with Crippen LogP contribution in [0.1, 0.15) is 15.9 Å². The number of benzene rings is 2. The Kier molecular flexibility index (Phi) is 3.84. The first-order valence-electron chi connectivity index (χ1n) is 5.89. The van der Waals surface area contributed by atoms with Crippen molar-refractivity contribution in [2.24, 2.45) is 0 Å². The van der Waals surface area contributed by atoms with E-state index in [9.17, 15) is 4.79 Å². The van der Waals surface area contributed by atoms with Crippen molar-refractivity contribution in [3.05, 3.63) is 59.7 Å². The van der Waals surface area contributed by atoms with Gasteiger partial charge in [0, 0.05) is 23.0 Å². The fraction of sp³-hybridized carbons (Fsp3) is 0.0625. The van der Waals surface area contributed by atoms with Crippen LogP contribution in [0.15, 0.2) is 48.5 Å². The van der Waals surface area contributed by atoms with Gasteiger partial charge in [-0.2, -0.15) is 0 Å². The Labute approximate surface area is 112 Å². The maximum absolute atomic E-state index is 12.0. The summed E-state index contributed by atoms with van der Waals surface area (Å²) in [6.45, 7) is 2.00. The average molecular weight is 250 g/mol. The first-order chi connectivity index (χ1) is 9.19. The smallest absolute Gasteiger partial charge is 0.255 e. The fourth-order valence-corrected chi connectivity index (χ4v) is 1.63. The molecule has 0 atom stereocenters. The molecule has 0 radical (unpaired) electrons. The highest BCUT2D eigenvalue weighted by molar-refractivity contribution is 6.04. The van der Waals surface area contributed by atoms with Crippen LogP contribution in [-0.4, -0.2) is 5.91 Å². The lowest BCUT2D eigenvalue weighted by atomic mass is 10.2. The number of rotatable bonds is 3. The summed E-state index contributed by atoms with van der Waals surface area (Å²) in [7, 11) is 0. The summed E-state index contributed by atoms with van der Waals surface area (Å²) in [4.78, 5) is 12.0. The summed E-state index contributed by atoms with van der Waals surface area (Å²) in [5.74, 6) is -0.142. The molecule has 2 aromatic rings. The molecule has 0 fully saturated rings. The number of anilines is 2. The second-order valence-electron chi connectivity index (χ2n) is 4.17. The molecule has 2 aromatic carbocycles. The van der Waals surface area contributed by atoms with Crippen LogP contribution < -0.4 is 10.6 Å². The van der Waals surface area contributed by atoms with Crippen LogP contribution >= 0.6 is 0 Å². The number of aryl methyl sites for hydroxylation is 1. The summed E-state index contributed by atoms with van der Waals surface area (Å²) in [5.41, 5.74) is 3.31. The summed E-state index contributed by atoms with van der Waals surface area (Å²) < 4.78 is 0. The molecular weight excluding hydrogens is 236 g/mol.